The van der Waals surface area contributed by atoms with Gasteiger partial charge in [0.2, 0.25) is 0 Å². The Morgan fingerprint density at radius 3 is 2.43 bits per heavy atom. The zero-order chi connectivity index (χ0) is 14.9. The van der Waals surface area contributed by atoms with Crippen molar-refractivity contribution in [1.82, 2.24) is 15.5 Å². The van der Waals surface area contributed by atoms with E-state index in [4.69, 9.17) is 0 Å². The van der Waals surface area contributed by atoms with Crippen LogP contribution in [0.5, 0.6) is 0 Å². The van der Waals surface area contributed by atoms with Crippen LogP contribution >= 0.6 is 0 Å². The average Bonchev–Trinajstić information content (AvgIpc) is 3.29. The normalized spacial score (nSPS) is 22.2. The minimum Gasteiger partial charge on any atom is -0.355 e. The molecular weight excluding hydrogens is 260 g/mol. The predicted octanol–water partition coefficient (Wildman–Crippen LogP) is 3.13. The molecule has 0 amide bonds. The summed E-state index contributed by atoms with van der Waals surface area (Å²) in [7, 11) is 2.16. The minimum atomic E-state index is 0.515. The van der Waals surface area contributed by atoms with Gasteiger partial charge in [-0.2, -0.15) is 5.10 Å². The Bertz CT molecular complexity index is 454. The van der Waals surface area contributed by atoms with Gasteiger partial charge in [0.15, 0.2) is 5.82 Å². The lowest BCUT2D eigenvalue weighted by Crippen LogP contribution is -2.37. The van der Waals surface area contributed by atoms with Gasteiger partial charge < -0.3 is 10.2 Å². The van der Waals surface area contributed by atoms with Gasteiger partial charge in [0, 0.05) is 25.7 Å². The van der Waals surface area contributed by atoms with Crippen molar-refractivity contribution in [1.29, 1.82) is 0 Å². The number of aromatic nitrogens is 2. The summed E-state index contributed by atoms with van der Waals surface area (Å²) in [6.07, 6.45) is 7.75. The van der Waals surface area contributed by atoms with E-state index >= 15 is 0 Å². The molecule has 2 aliphatic rings. The molecule has 4 nitrogen and oxygen atoms in total. The number of anilines is 1. The second-order valence-corrected chi connectivity index (χ2v) is 7.54. The molecular formula is C17H28N4. The molecule has 0 saturated heterocycles. The van der Waals surface area contributed by atoms with Crippen LogP contribution in [0.25, 0.3) is 0 Å². The molecule has 1 aromatic heterocycles. The molecule has 0 radical (unpaired) electrons. The van der Waals surface area contributed by atoms with Gasteiger partial charge in [-0.1, -0.05) is 13.8 Å². The third-order valence-corrected chi connectivity index (χ3v) is 5.07. The number of hydrogen-bond donors (Lipinski definition) is 1. The minimum absolute atomic E-state index is 0.515. The molecule has 2 saturated carbocycles. The van der Waals surface area contributed by atoms with E-state index in [1.165, 1.54) is 38.5 Å². The first-order chi connectivity index (χ1) is 10.0. The zero-order valence-electron chi connectivity index (χ0n) is 13.6. The van der Waals surface area contributed by atoms with Crippen LogP contribution in [0.15, 0.2) is 12.1 Å². The maximum Gasteiger partial charge on any atom is 0.151 e. The van der Waals surface area contributed by atoms with Crippen LogP contribution in [0.4, 0.5) is 5.82 Å². The summed E-state index contributed by atoms with van der Waals surface area (Å²) in [6, 6.07) is 5.57. The molecule has 1 N–H and O–H groups in total. The van der Waals surface area contributed by atoms with Crippen LogP contribution < -0.4 is 10.2 Å². The van der Waals surface area contributed by atoms with E-state index in [-0.39, 0.29) is 0 Å². The van der Waals surface area contributed by atoms with Gasteiger partial charge >= 0.3 is 0 Å². The fourth-order valence-corrected chi connectivity index (χ4v) is 3.13. The largest absolute Gasteiger partial charge is 0.355 e. The first-order valence-corrected chi connectivity index (χ1v) is 8.32. The molecule has 116 valence electrons. The standard InChI is InChI=1S/C17H28N4/c1-17(2)10-8-15(9-11-17)21(3)16-7-6-14(19-20-16)12-18-13-4-5-13/h6-7,13,15,18H,4-5,8-12H2,1-3H3. The number of nitrogens with one attached hydrogen (secondary N) is 1. The van der Waals surface area contributed by atoms with E-state index in [1.54, 1.807) is 0 Å². The van der Waals surface area contributed by atoms with Gasteiger partial charge in [-0.05, 0) is 56.1 Å². The Hall–Kier alpha value is -1.16. The summed E-state index contributed by atoms with van der Waals surface area (Å²) in [5.41, 5.74) is 1.56. The van der Waals surface area contributed by atoms with Crippen molar-refractivity contribution in [2.24, 2.45) is 5.41 Å². The lowest BCUT2D eigenvalue weighted by molar-refractivity contribution is 0.222. The first kappa shape index (κ1) is 14.8. The molecule has 0 spiro atoms. The maximum atomic E-state index is 4.42. The Balaban J connectivity index is 1.55. The molecule has 21 heavy (non-hydrogen) atoms. The average molecular weight is 288 g/mol. The molecule has 0 aromatic carbocycles. The lowest BCUT2D eigenvalue weighted by Gasteiger charge is -2.38. The van der Waals surface area contributed by atoms with Crippen molar-refractivity contribution in [2.45, 2.75) is 71.0 Å². The van der Waals surface area contributed by atoms with Crippen molar-refractivity contribution in [3.8, 4) is 0 Å². The monoisotopic (exact) mass is 288 g/mol. The van der Waals surface area contributed by atoms with Crippen LogP contribution in [-0.4, -0.2) is 29.3 Å². The van der Waals surface area contributed by atoms with Gasteiger partial charge in [-0.15, -0.1) is 5.10 Å². The first-order valence-electron chi connectivity index (χ1n) is 8.32. The SMILES string of the molecule is CN(c1ccc(CNC2CC2)nn1)C1CCC(C)(C)CC1. The lowest BCUT2D eigenvalue weighted by atomic mass is 9.75. The second-order valence-electron chi connectivity index (χ2n) is 7.54. The van der Waals surface area contributed by atoms with Gasteiger partial charge in [-0.3, -0.25) is 0 Å². The number of rotatable bonds is 5. The van der Waals surface area contributed by atoms with Crippen LogP contribution in [0, 0.1) is 5.41 Å². The second kappa shape index (κ2) is 5.91. The quantitative estimate of drug-likeness (QED) is 0.904. The van der Waals surface area contributed by atoms with E-state index in [1.807, 2.05) is 0 Å². The summed E-state index contributed by atoms with van der Waals surface area (Å²) in [4.78, 5) is 2.32. The van der Waals surface area contributed by atoms with Gasteiger partial charge in [0.1, 0.15) is 0 Å². The molecule has 2 fully saturated rings. The smallest absolute Gasteiger partial charge is 0.151 e. The highest BCUT2D eigenvalue weighted by molar-refractivity contribution is 5.37. The van der Waals surface area contributed by atoms with Gasteiger partial charge in [0.25, 0.3) is 0 Å². The van der Waals surface area contributed by atoms with Crippen LogP contribution in [0.3, 0.4) is 0 Å². The third kappa shape index (κ3) is 3.94. The molecule has 4 heteroatoms. The molecule has 0 unspecified atom stereocenters. The Morgan fingerprint density at radius 1 is 1.14 bits per heavy atom. The molecule has 0 aliphatic heterocycles. The summed E-state index contributed by atoms with van der Waals surface area (Å²) in [5, 5.41) is 12.3. The van der Waals surface area contributed by atoms with Crippen LogP contribution in [-0.2, 0) is 6.54 Å². The summed E-state index contributed by atoms with van der Waals surface area (Å²) >= 11 is 0. The molecule has 2 aliphatic carbocycles. The fourth-order valence-electron chi connectivity index (χ4n) is 3.13. The Morgan fingerprint density at radius 2 is 1.86 bits per heavy atom. The molecule has 1 heterocycles. The Labute approximate surface area is 128 Å². The van der Waals surface area contributed by atoms with Crippen molar-refractivity contribution < 1.29 is 0 Å². The van der Waals surface area contributed by atoms with E-state index in [0.29, 0.717) is 11.5 Å². The highest BCUT2D eigenvalue weighted by Crippen LogP contribution is 2.37. The molecule has 3 rings (SSSR count). The van der Waals surface area contributed by atoms with E-state index in [2.05, 4.69) is 53.4 Å². The highest BCUT2D eigenvalue weighted by atomic mass is 15.3. The van der Waals surface area contributed by atoms with E-state index in [0.717, 1.165) is 24.1 Å². The number of nitrogens with zero attached hydrogens (tertiary/aromatic N) is 3. The Kier molecular flexibility index (Phi) is 4.16. The highest BCUT2D eigenvalue weighted by Gasteiger charge is 2.29. The molecule has 1 aromatic rings. The van der Waals surface area contributed by atoms with Gasteiger partial charge in [0.05, 0.1) is 5.69 Å². The molecule has 0 atom stereocenters. The van der Waals surface area contributed by atoms with E-state index in [9.17, 15) is 0 Å². The van der Waals surface area contributed by atoms with Crippen LogP contribution in [0.2, 0.25) is 0 Å². The number of hydrogen-bond acceptors (Lipinski definition) is 4. The van der Waals surface area contributed by atoms with Crippen molar-refractivity contribution in [3.05, 3.63) is 17.8 Å². The molecule has 0 bridgehead atoms. The van der Waals surface area contributed by atoms with Crippen molar-refractivity contribution >= 4 is 5.82 Å². The van der Waals surface area contributed by atoms with Crippen LogP contribution in [0.1, 0.15) is 58.1 Å². The summed E-state index contributed by atoms with van der Waals surface area (Å²) in [5.74, 6) is 1.01. The predicted molar refractivity (Wildman–Crippen MR) is 86.3 cm³/mol. The summed E-state index contributed by atoms with van der Waals surface area (Å²) in [6.45, 7) is 5.61. The van der Waals surface area contributed by atoms with Gasteiger partial charge in [-0.25, -0.2) is 0 Å². The topological polar surface area (TPSA) is 41.0 Å². The van der Waals surface area contributed by atoms with E-state index < -0.39 is 0 Å². The maximum absolute atomic E-state index is 4.42. The zero-order valence-corrected chi connectivity index (χ0v) is 13.6. The fraction of sp³-hybridized carbons (Fsp3) is 0.765. The summed E-state index contributed by atoms with van der Waals surface area (Å²) < 4.78 is 0. The third-order valence-electron chi connectivity index (χ3n) is 5.07. The van der Waals surface area contributed by atoms with Crippen molar-refractivity contribution in [2.75, 3.05) is 11.9 Å². The van der Waals surface area contributed by atoms with Crippen molar-refractivity contribution in [3.63, 3.8) is 0 Å².